The van der Waals surface area contributed by atoms with Crippen molar-refractivity contribution in [2.45, 2.75) is 5.41 Å². The Balaban J connectivity index is 1.19. The SMILES string of the molecule is c1ccc(-c2cccc(N(c3cccc(-c4ccccc4)c3)c3cccc4c3oc3cccc(C5(c6ccccc6)c6ccccc6-c6ccccc65)c34)c2)cc1. The molecule has 0 amide bonds. The summed E-state index contributed by atoms with van der Waals surface area (Å²) in [4.78, 5) is 2.36. The first-order valence-electron chi connectivity index (χ1n) is 19.6. The van der Waals surface area contributed by atoms with E-state index in [-0.39, 0.29) is 0 Å². The smallest absolute Gasteiger partial charge is 0.159 e. The number of furan rings is 1. The molecule has 2 nitrogen and oxygen atoms in total. The Bertz CT molecular complexity index is 2940. The maximum Gasteiger partial charge on any atom is 0.159 e. The van der Waals surface area contributed by atoms with Crippen molar-refractivity contribution < 1.29 is 4.42 Å². The molecule has 11 rings (SSSR count). The van der Waals surface area contributed by atoms with E-state index in [1.807, 2.05) is 0 Å². The van der Waals surface area contributed by atoms with Gasteiger partial charge < -0.3 is 9.32 Å². The average Bonchev–Trinajstić information content (AvgIpc) is 3.83. The van der Waals surface area contributed by atoms with Gasteiger partial charge in [0.25, 0.3) is 0 Å². The molecule has 2 heteroatoms. The molecule has 1 heterocycles. The van der Waals surface area contributed by atoms with Crippen molar-refractivity contribution >= 4 is 39.0 Å². The Morgan fingerprint density at radius 3 is 1.44 bits per heavy atom. The Hall–Kier alpha value is -7.42. The van der Waals surface area contributed by atoms with Gasteiger partial charge in [-0.25, -0.2) is 0 Å². The summed E-state index contributed by atoms with van der Waals surface area (Å²) in [7, 11) is 0. The summed E-state index contributed by atoms with van der Waals surface area (Å²) in [6.07, 6.45) is 0. The third kappa shape index (κ3) is 5.18. The van der Waals surface area contributed by atoms with E-state index in [9.17, 15) is 0 Å². The lowest BCUT2D eigenvalue weighted by molar-refractivity contribution is 0.668. The maximum absolute atomic E-state index is 7.15. The molecular formula is C55H37NO. The number of rotatable bonds is 7. The van der Waals surface area contributed by atoms with E-state index >= 15 is 0 Å². The zero-order chi connectivity index (χ0) is 37.8. The summed E-state index contributed by atoms with van der Waals surface area (Å²) in [6.45, 7) is 0. The average molecular weight is 728 g/mol. The Morgan fingerprint density at radius 2 is 0.842 bits per heavy atom. The first kappa shape index (κ1) is 33.0. The van der Waals surface area contributed by atoms with E-state index in [2.05, 4.69) is 229 Å². The van der Waals surface area contributed by atoms with Crippen LogP contribution < -0.4 is 4.90 Å². The number of hydrogen-bond acceptors (Lipinski definition) is 2. The fourth-order valence-electron chi connectivity index (χ4n) is 9.34. The van der Waals surface area contributed by atoms with Crippen molar-refractivity contribution in [2.75, 3.05) is 4.90 Å². The number of nitrogens with zero attached hydrogens (tertiary/aromatic N) is 1. The van der Waals surface area contributed by atoms with Gasteiger partial charge in [0.2, 0.25) is 0 Å². The van der Waals surface area contributed by atoms with Gasteiger partial charge in [0.1, 0.15) is 5.58 Å². The molecule has 1 aromatic heterocycles. The monoisotopic (exact) mass is 727 g/mol. The predicted molar refractivity (Wildman–Crippen MR) is 237 cm³/mol. The van der Waals surface area contributed by atoms with Crippen LogP contribution in [0.15, 0.2) is 229 Å². The molecule has 268 valence electrons. The molecule has 0 fully saturated rings. The van der Waals surface area contributed by atoms with E-state index < -0.39 is 5.41 Å². The Morgan fingerprint density at radius 1 is 0.368 bits per heavy atom. The van der Waals surface area contributed by atoms with Gasteiger partial charge in [0.05, 0.1) is 11.1 Å². The van der Waals surface area contributed by atoms with E-state index in [0.717, 1.165) is 50.1 Å². The van der Waals surface area contributed by atoms with E-state index in [0.29, 0.717) is 0 Å². The molecule has 0 bridgehead atoms. The van der Waals surface area contributed by atoms with Crippen molar-refractivity contribution in [1.82, 2.24) is 0 Å². The van der Waals surface area contributed by atoms with Crippen LogP contribution in [-0.4, -0.2) is 0 Å². The highest BCUT2D eigenvalue weighted by atomic mass is 16.3. The van der Waals surface area contributed by atoms with Crippen molar-refractivity contribution in [3.05, 3.63) is 247 Å². The standard InChI is InChI=1S/C55H37NO/c1-4-18-38(19-5-1)40-22-14-26-43(36-40)56(44-27-15-23-41(37-44)39-20-6-2-7-21-39)51-34-16-30-47-53-50(33-17-35-52(53)57-54(47)51)55(42-24-8-3-9-25-42)48-31-12-10-28-45(48)46-29-11-13-32-49(46)55/h1-37H. The van der Waals surface area contributed by atoms with E-state index in [1.54, 1.807) is 0 Å². The van der Waals surface area contributed by atoms with Crippen molar-refractivity contribution in [3.63, 3.8) is 0 Å². The summed E-state index contributed by atoms with van der Waals surface area (Å²) < 4.78 is 7.15. The molecule has 10 aromatic rings. The van der Waals surface area contributed by atoms with Crippen LogP contribution in [0.5, 0.6) is 0 Å². The zero-order valence-corrected chi connectivity index (χ0v) is 31.2. The third-order valence-electron chi connectivity index (χ3n) is 11.7. The topological polar surface area (TPSA) is 16.4 Å². The molecule has 0 N–H and O–H groups in total. The minimum absolute atomic E-state index is 0.561. The molecule has 1 aliphatic rings. The Kier molecular flexibility index (Phi) is 7.75. The van der Waals surface area contributed by atoms with Crippen molar-refractivity contribution in [3.8, 4) is 33.4 Å². The highest BCUT2D eigenvalue weighted by Crippen LogP contribution is 2.58. The summed E-state index contributed by atoms with van der Waals surface area (Å²) in [6, 6.07) is 80.9. The van der Waals surface area contributed by atoms with E-state index in [1.165, 1.54) is 44.5 Å². The highest BCUT2D eigenvalue weighted by Gasteiger charge is 2.47. The third-order valence-corrected chi connectivity index (χ3v) is 11.7. The zero-order valence-electron chi connectivity index (χ0n) is 31.2. The molecule has 0 atom stereocenters. The van der Waals surface area contributed by atoms with Crippen LogP contribution >= 0.6 is 0 Å². The minimum atomic E-state index is -0.561. The van der Waals surface area contributed by atoms with Gasteiger partial charge in [-0.2, -0.15) is 0 Å². The van der Waals surface area contributed by atoms with Gasteiger partial charge in [-0.15, -0.1) is 0 Å². The summed E-state index contributed by atoms with van der Waals surface area (Å²) in [5, 5.41) is 2.21. The Labute approximate surface area is 332 Å². The normalized spacial score (nSPS) is 12.7. The number of para-hydroxylation sites is 1. The van der Waals surface area contributed by atoms with E-state index in [4.69, 9.17) is 4.42 Å². The second kappa shape index (κ2) is 13.4. The molecule has 9 aromatic carbocycles. The first-order chi connectivity index (χ1) is 28.3. The van der Waals surface area contributed by atoms with Crippen LogP contribution in [0, 0.1) is 0 Å². The van der Waals surface area contributed by atoms with Crippen LogP contribution in [0.3, 0.4) is 0 Å². The van der Waals surface area contributed by atoms with Crippen molar-refractivity contribution in [2.24, 2.45) is 0 Å². The lowest BCUT2D eigenvalue weighted by Crippen LogP contribution is -2.28. The van der Waals surface area contributed by atoms with Gasteiger partial charge in [-0.05, 0) is 92.0 Å². The fraction of sp³-hybridized carbons (Fsp3) is 0.0182. The lowest BCUT2D eigenvalue weighted by atomic mass is 9.66. The summed E-state index contributed by atoms with van der Waals surface area (Å²) in [5.74, 6) is 0. The van der Waals surface area contributed by atoms with Gasteiger partial charge in [-0.3, -0.25) is 0 Å². The highest BCUT2D eigenvalue weighted by molar-refractivity contribution is 6.13. The molecule has 1 aliphatic carbocycles. The van der Waals surface area contributed by atoms with Crippen LogP contribution in [0.2, 0.25) is 0 Å². The largest absolute Gasteiger partial charge is 0.454 e. The van der Waals surface area contributed by atoms with Crippen molar-refractivity contribution in [1.29, 1.82) is 0 Å². The number of hydrogen-bond donors (Lipinski definition) is 0. The molecule has 0 spiro atoms. The first-order valence-corrected chi connectivity index (χ1v) is 19.6. The van der Waals surface area contributed by atoms with Gasteiger partial charge in [0.15, 0.2) is 5.58 Å². The summed E-state index contributed by atoms with van der Waals surface area (Å²) in [5.41, 5.74) is 16.4. The summed E-state index contributed by atoms with van der Waals surface area (Å²) >= 11 is 0. The second-order valence-corrected chi connectivity index (χ2v) is 14.8. The predicted octanol–water partition coefficient (Wildman–Crippen LogP) is 14.8. The van der Waals surface area contributed by atoms with Crippen LogP contribution in [0.1, 0.15) is 22.3 Å². The number of fused-ring (bicyclic) bond motifs is 6. The quantitative estimate of drug-likeness (QED) is 0.163. The number of anilines is 3. The minimum Gasteiger partial charge on any atom is -0.454 e. The molecular weight excluding hydrogens is 691 g/mol. The fourth-order valence-corrected chi connectivity index (χ4v) is 9.34. The molecule has 0 unspecified atom stereocenters. The lowest BCUT2D eigenvalue weighted by Gasteiger charge is -2.34. The molecule has 0 saturated heterocycles. The van der Waals surface area contributed by atoms with Gasteiger partial charge >= 0.3 is 0 Å². The molecule has 0 saturated carbocycles. The van der Waals surface area contributed by atoms with Gasteiger partial charge in [-0.1, -0.05) is 188 Å². The molecule has 0 aliphatic heterocycles. The van der Waals surface area contributed by atoms with Gasteiger partial charge in [0, 0.05) is 22.1 Å². The maximum atomic E-state index is 7.15. The number of benzene rings is 9. The van der Waals surface area contributed by atoms with Crippen LogP contribution in [0.4, 0.5) is 17.1 Å². The van der Waals surface area contributed by atoms with Crippen LogP contribution in [-0.2, 0) is 5.41 Å². The molecule has 0 radical (unpaired) electrons. The second-order valence-electron chi connectivity index (χ2n) is 14.8. The van der Waals surface area contributed by atoms with Crippen LogP contribution in [0.25, 0.3) is 55.3 Å². The molecule has 57 heavy (non-hydrogen) atoms.